The lowest BCUT2D eigenvalue weighted by Gasteiger charge is -2.10. The Morgan fingerprint density at radius 1 is 1.21 bits per heavy atom. The average molecular weight is 414 g/mol. The van der Waals surface area contributed by atoms with Crippen molar-refractivity contribution in [2.45, 2.75) is 5.16 Å². The summed E-state index contributed by atoms with van der Waals surface area (Å²) in [6, 6.07) is 11.7. The number of ether oxygens (including phenoxy) is 2. The van der Waals surface area contributed by atoms with Gasteiger partial charge in [0.1, 0.15) is 17.2 Å². The number of imidazole rings is 1. The third kappa shape index (κ3) is 4.85. The lowest BCUT2D eigenvalue weighted by molar-refractivity contribution is -0.384. The average Bonchev–Trinajstić information content (AvgIpc) is 3.21. The van der Waals surface area contributed by atoms with Gasteiger partial charge >= 0.3 is 0 Å². The van der Waals surface area contributed by atoms with Gasteiger partial charge < -0.3 is 14.8 Å². The minimum absolute atomic E-state index is 0.0319. The van der Waals surface area contributed by atoms with E-state index in [2.05, 4.69) is 10.3 Å². The van der Waals surface area contributed by atoms with Crippen molar-refractivity contribution >= 4 is 29.0 Å². The number of nitrogens with one attached hydrogen (secondary N) is 1. The highest BCUT2D eigenvalue weighted by Crippen LogP contribution is 2.29. The molecule has 0 atom stereocenters. The molecule has 0 spiro atoms. The maximum Gasteiger partial charge on any atom is 0.296 e. The van der Waals surface area contributed by atoms with Crippen molar-refractivity contribution in [3.63, 3.8) is 0 Å². The number of hydrogen-bond acceptors (Lipinski definition) is 7. The van der Waals surface area contributed by atoms with Gasteiger partial charge in [-0.2, -0.15) is 0 Å². The van der Waals surface area contributed by atoms with Gasteiger partial charge in [0, 0.05) is 18.5 Å². The smallest absolute Gasteiger partial charge is 0.296 e. The summed E-state index contributed by atoms with van der Waals surface area (Å²) < 4.78 is 12.1. The third-order valence-electron chi connectivity index (χ3n) is 3.95. The maximum atomic E-state index is 12.3. The maximum absolute atomic E-state index is 12.3. The first-order chi connectivity index (χ1) is 14.0. The van der Waals surface area contributed by atoms with Gasteiger partial charge in [-0.3, -0.25) is 19.5 Å². The van der Waals surface area contributed by atoms with E-state index in [0.717, 1.165) is 5.69 Å². The molecule has 1 amide bonds. The fourth-order valence-corrected chi connectivity index (χ4v) is 3.34. The number of rotatable bonds is 8. The van der Waals surface area contributed by atoms with E-state index in [0.29, 0.717) is 16.7 Å². The molecular weight excluding hydrogens is 396 g/mol. The van der Waals surface area contributed by atoms with E-state index in [-0.39, 0.29) is 23.0 Å². The minimum Gasteiger partial charge on any atom is -0.497 e. The second kappa shape index (κ2) is 9.11. The van der Waals surface area contributed by atoms with Crippen LogP contribution in [-0.2, 0) is 4.79 Å². The summed E-state index contributed by atoms with van der Waals surface area (Å²) in [4.78, 5) is 27.3. The van der Waals surface area contributed by atoms with Crippen molar-refractivity contribution in [3.05, 3.63) is 65.0 Å². The van der Waals surface area contributed by atoms with Crippen LogP contribution in [0.4, 0.5) is 11.4 Å². The summed E-state index contributed by atoms with van der Waals surface area (Å²) in [5.41, 5.74) is 0.716. The number of aromatic nitrogens is 2. The van der Waals surface area contributed by atoms with Gasteiger partial charge in [-0.05, 0) is 24.3 Å². The molecule has 0 aliphatic rings. The molecule has 0 unspecified atom stereocenters. The molecule has 0 saturated carbocycles. The highest BCUT2D eigenvalue weighted by Gasteiger charge is 2.18. The standard InChI is InChI=1S/C19H18N4O5S/c1-27-14-5-3-4-13(10-14)22-9-8-20-19(22)29-12-18(24)21-16-7-6-15(28-2)11-17(16)23(25)26/h3-11H,12H2,1-2H3,(H,21,24). The van der Waals surface area contributed by atoms with Crippen molar-refractivity contribution in [3.8, 4) is 17.2 Å². The molecule has 9 nitrogen and oxygen atoms in total. The molecular formula is C19H18N4O5S. The molecule has 1 heterocycles. The van der Waals surface area contributed by atoms with Crippen LogP contribution in [0, 0.1) is 10.1 Å². The van der Waals surface area contributed by atoms with Crippen molar-refractivity contribution in [1.29, 1.82) is 0 Å². The summed E-state index contributed by atoms with van der Waals surface area (Å²) in [6.07, 6.45) is 3.41. The number of thioether (sulfide) groups is 1. The molecule has 0 aliphatic carbocycles. The SMILES string of the molecule is COc1cccc(-n2ccnc2SCC(=O)Nc2ccc(OC)cc2[N+](=O)[O-])c1. The lowest BCUT2D eigenvalue weighted by Crippen LogP contribution is -2.15. The number of nitro benzene ring substituents is 1. The molecule has 10 heteroatoms. The minimum atomic E-state index is -0.569. The molecule has 0 bridgehead atoms. The molecule has 29 heavy (non-hydrogen) atoms. The van der Waals surface area contributed by atoms with Gasteiger partial charge in [0.05, 0.1) is 36.6 Å². The fourth-order valence-electron chi connectivity index (χ4n) is 2.56. The Kier molecular flexibility index (Phi) is 6.35. The first kappa shape index (κ1) is 20.2. The molecule has 0 radical (unpaired) electrons. The predicted octanol–water partition coefficient (Wildman–Crippen LogP) is 3.53. The summed E-state index contributed by atoms with van der Waals surface area (Å²) >= 11 is 1.22. The van der Waals surface area contributed by atoms with E-state index in [1.807, 2.05) is 28.8 Å². The Morgan fingerprint density at radius 2 is 1.97 bits per heavy atom. The van der Waals surface area contributed by atoms with E-state index >= 15 is 0 Å². The van der Waals surface area contributed by atoms with E-state index in [4.69, 9.17) is 9.47 Å². The highest BCUT2D eigenvalue weighted by atomic mass is 32.2. The van der Waals surface area contributed by atoms with Crippen LogP contribution in [0.2, 0.25) is 0 Å². The predicted molar refractivity (Wildman–Crippen MR) is 109 cm³/mol. The Bertz CT molecular complexity index is 1040. The van der Waals surface area contributed by atoms with Crippen LogP contribution in [-0.4, -0.2) is 40.4 Å². The Labute approximate surface area is 170 Å². The summed E-state index contributed by atoms with van der Waals surface area (Å²) in [5.74, 6) is 0.689. The number of carbonyl (C=O) groups is 1. The van der Waals surface area contributed by atoms with Gasteiger partial charge in [0.25, 0.3) is 5.69 Å². The topological polar surface area (TPSA) is 109 Å². The summed E-state index contributed by atoms with van der Waals surface area (Å²) in [6.45, 7) is 0. The van der Waals surface area contributed by atoms with Crippen LogP contribution < -0.4 is 14.8 Å². The first-order valence-corrected chi connectivity index (χ1v) is 9.43. The fraction of sp³-hybridized carbons (Fsp3) is 0.158. The monoisotopic (exact) mass is 414 g/mol. The zero-order chi connectivity index (χ0) is 20.8. The Balaban J connectivity index is 1.70. The van der Waals surface area contributed by atoms with Gasteiger partial charge in [-0.25, -0.2) is 4.98 Å². The molecule has 0 fully saturated rings. The normalized spacial score (nSPS) is 10.4. The number of methoxy groups -OCH3 is 2. The van der Waals surface area contributed by atoms with Gasteiger partial charge in [-0.1, -0.05) is 17.8 Å². The van der Waals surface area contributed by atoms with E-state index in [1.165, 1.54) is 31.0 Å². The van der Waals surface area contributed by atoms with Crippen LogP contribution in [0.3, 0.4) is 0 Å². The van der Waals surface area contributed by atoms with Gasteiger partial charge in [0.2, 0.25) is 5.91 Å². The highest BCUT2D eigenvalue weighted by molar-refractivity contribution is 7.99. The molecule has 1 aromatic heterocycles. The van der Waals surface area contributed by atoms with Gasteiger partial charge in [0.15, 0.2) is 5.16 Å². The lowest BCUT2D eigenvalue weighted by atomic mass is 10.2. The largest absolute Gasteiger partial charge is 0.497 e. The van der Waals surface area contributed by atoms with Crippen LogP contribution in [0.15, 0.2) is 60.0 Å². The van der Waals surface area contributed by atoms with E-state index in [9.17, 15) is 14.9 Å². The number of carbonyl (C=O) groups excluding carboxylic acids is 1. The number of nitro groups is 1. The number of hydrogen-bond donors (Lipinski definition) is 1. The second-order valence-corrected chi connectivity index (χ2v) is 6.70. The molecule has 2 aromatic carbocycles. The molecule has 3 aromatic rings. The van der Waals surface area contributed by atoms with Crippen LogP contribution >= 0.6 is 11.8 Å². The number of amides is 1. The molecule has 3 rings (SSSR count). The zero-order valence-corrected chi connectivity index (χ0v) is 16.5. The molecule has 0 saturated heterocycles. The number of anilines is 1. The van der Waals surface area contributed by atoms with Crippen LogP contribution in [0.1, 0.15) is 0 Å². The molecule has 1 N–H and O–H groups in total. The van der Waals surface area contributed by atoms with Gasteiger partial charge in [-0.15, -0.1) is 0 Å². The Hall–Kier alpha value is -3.53. The molecule has 150 valence electrons. The quantitative estimate of drug-likeness (QED) is 0.341. The second-order valence-electron chi connectivity index (χ2n) is 5.76. The van der Waals surface area contributed by atoms with E-state index < -0.39 is 4.92 Å². The van der Waals surface area contributed by atoms with Crippen molar-refractivity contribution in [2.75, 3.05) is 25.3 Å². The molecule has 0 aliphatic heterocycles. The first-order valence-electron chi connectivity index (χ1n) is 8.44. The number of nitrogens with zero attached hydrogens (tertiary/aromatic N) is 3. The van der Waals surface area contributed by atoms with Crippen LogP contribution in [0.25, 0.3) is 5.69 Å². The third-order valence-corrected chi connectivity index (χ3v) is 4.91. The van der Waals surface area contributed by atoms with Crippen LogP contribution in [0.5, 0.6) is 11.5 Å². The van der Waals surface area contributed by atoms with E-state index in [1.54, 1.807) is 25.6 Å². The van der Waals surface area contributed by atoms with Crippen molar-refractivity contribution in [2.24, 2.45) is 0 Å². The van der Waals surface area contributed by atoms with Crippen molar-refractivity contribution < 1.29 is 19.2 Å². The Morgan fingerprint density at radius 3 is 2.69 bits per heavy atom. The van der Waals surface area contributed by atoms with Crippen molar-refractivity contribution in [1.82, 2.24) is 9.55 Å². The summed E-state index contributed by atoms with van der Waals surface area (Å²) in [7, 11) is 3.00. The summed E-state index contributed by atoms with van der Waals surface area (Å²) in [5, 5.41) is 14.4. The number of benzene rings is 2. The zero-order valence-electron chi connectivity index (χ0n) is 15.7.